The number of ether oxygens (including phenoxy) is 2. The Hall–Kier alpha value is -1.66. The highest BCUT2D eigenvalue weighted by Crippen LogP contribution is 2.35. The van der Waals surface area contributed by atoms with E-state index >= 15 is 0 Å². The molecule has 5 nitrogen and oxygen atoms in total. The van der Waals surface area contributed by atoms with E-state index in [2.05, 4.69) is 10.2 Å². The Labute approximate surface area is 173 Å². The van der Waals surface area contributed by atoms with Gasteiger partial charge in [-0.2, -0.15) is 0 Å². The Morgan fingerprint density at radius 3 is 2.59 bits per heavy atom. The Kier molecular flexibility index (Phi) is 6.71. The van der Waals surface area contributed by atoms with E-state index in [0.29, 0.717) is 52.8 Å². The van der Waals surface area contributed by atoms with Gasteiger partial charge in [0.1, 0.15) is 5.75 Å². The van der Waals surface area contributed by atoms with Crippen LogP contribution in [0.5, 0.6) is 5.75 Å². The largest absolute Gasteiger partial charge is 0.479 e. The SMILES string of the molecule is C[C@H](Oc1ccc(Cl)cc1Cl)C(=O)Nc1cccc(Cl)c1N1CCOCC1. The van der Waals surface area contributed by atoms with Crippen LogP contribution in [0.1, 0.15) is 6.92 Å². The van der Waals surface area contributed by atoms with Crippen molar-refractivity contribution in [3.63, 3.8) is 0 Å². The minimum absolute atomic E-state index is 0.308. The molecule has 1 aliphatic heterocycles. The molecule has 27 heavy (non-hydrogen) atoms. The summed E-state index contributed by atoms with van der Waals surface area (Å²) < 4.78 is 11.1. The molecular formula is C19H19Cl3N2O3. The number of hydrogen-bond acceptors (Lipinski definition) is 4. The molecule has 0 unspecified atom stereocenters. The van der Waals surface area contributed by atoms with Crippen molar-refractivity contribution in [3.05, 3.63) is 51.5 Å². The van der Waals surface area contributed by atoms with Crippen LogP contribution in [-0.4, -0.2) is 38.3 Å². The molecule has 1 N–H and O–H groups in total. The van der Waals surface area contributed by atoms with Crippen molar-refractivity contribution in [3.8, 4) is 5.75 Å². The molecule has 0 aliphatic carbocycles. The number of nitrogens with one attached hydrogen (secondary N) is 1. The van der Waals surface area contributed by atoms with E-state index < -0.39 is 6.10 Å². The number of carbonyl (C=O) groups excluding carboxylic acids is 1. The fraction of sp³-hybridized carbons (Fsp3) is 0.316. The number of para-hydroxylation sites is 1. The lowest BCUT2D eigenvalue weighted by Gasteiger charge is -2.31. The second-order valence-corrected chi connectivity index (χ2v) is 7.31. The van der Waals surface area contributed by atoms with Crippen molar-refractivity contribution >= 4 is 52.1 Å². The molecule has 1 atom stereocenters. The van der Waals surface area contributed by atoms with Crippen LogP contribution in [0.4, 0.5) is 11.4 Å². The zero-order valence-electron chi connectivity index (χ0n) is 14.7. The number of morpholine rings is 1. The highest BCUT2D eigenvalue weighted by atomic mass is 35.5. The van der Waals surface area contributed by atoms with Crippen LogP contribution in [0.25, 0.3) is 0 Å². The third-order valence-electron chi connectivity index (χ3n) is 4.14. The molecule has 1 heterocycles. The normalized spacial score (nSPS) is 15.3. The van der Waals surface area contributed by atoms with E-state index in [9.17, 15) is 4.79 Å². The standard InChI is InChI=1S/C19H19Cl3N2O3/c1-12(27-17-6-5-13(20)11-15(17)22)19(25)23-16-4-2-3-14(21)18(16)24-7-9-26-10-8-24/h2-6,11-12H,7-10H2,1H3,(H,23,25)/t12-/m0/s1. The van der Waals surface area contributed by atoms with Gasteiger partial charge in [-0.3, -0.25) is 4.79 Å². The molecule has 2 aromatic carbocycles. The maximum atomic E-state index is 12.6. The quantitative estimate of drug-likeness (QED) is 0.735. The van der Waals surface area contributed by atoms with Crippen molar-refractivity contribution in [1.82, 2.24) is 0 Å². The van der Waals surface area contributed by atoms with Crippen LogP contribution in [-0.2, 0) is 9.53 Å². The predicted octanol–water partition coefficient (Wildman–Crippen LogP) is 4.89. The predicted molar refractivity (Wildman–Crippen MR) is 110 cm³/mol. The highest BCUT2D eigenvalue weighted by Gasteiger charge is 2.22. The second kappa shape index (κ2) is 9.02. The number of carbonyl (C=O) groups is 1. The molecular weight excluding hydrogens is 411 g/mol. The van der Waals surface area contributed by atoms with Gasteiger partial charge in [0, 0.05) is 18.1 Å². The fourth-order valence-electron chi connectivity index (χ4n) is 2.77. The van der Waals surface area contributed by atoms with Crippen LogP contribution >= 0.6 is 34.8 Å². The van der Waals surface area contributed by atoms with Gasteiger partial charge >= 0.3 is 0 Å². The van der Waals surface area contributed by atoms with Crippen LogP contribution in [0.2, 0.25) is 15.1 Å². The van der Waals surface area contributed by atoms with Gasteiger partial charge in [0.05, 0.1) is 34.6 Å². The lowest BCUT2D eigenvalue weighted by atomic mass is 10.2. The number of halogens is 3. The lowest BCUT2D eigenvalue weighted by Crippen LogP contribution is -2.37. The van der Waals surface area contributed by atoms with Crippen LogP contribution in [0.15, 0.2) is 36.4 Å². The van der Waals surface area contributed by atoms with Crippen molar-refractivity contribution in [2.45, 2.75) is 13.0 Å². The Balaban J connectivity index is 1.74. The van der Waals surface area contributed by atoms with Gasteiger partial charge in [-0.25, -0.2) is 0 Å². The summed E-state index contributed by atoms with van der Waals surface area (Å²) in [6.45, 7) is 4.30. The molecule has 1 saturated heterocycles. The molecule has 0 saturated carbocycles. The molecule has 0 bridgehead atoms. The van der Waals surface area contributed by atoms with Gasteiger partial charge in [0.15, 0.2) is 6.10 Å². The molecule has 3 rings (SSSR count). The number of nitrogens with zero attached hydrogens (tertiary/aromatic N) is 1. The number of amides is 1. The summed E-state index contributed by atoms with van der Waals surface area (Å²) in [6.07, 6.45) is -0.764. The van der Waals surface area contributed by atoms with E-state index in [4.69, 9.17) is 44.3 Å². The zero-order valence-corrected chi connectivity index (χ0v) is 16.9. The summed E-state index contributed by atoms with van der Waals surface area (Å²) in [5.74, 6) is 0.0843. The average Bonchev–Trinajstić information content (AvgIpc) is 2.64. The molecule has 0 radical (unpaired) electrons. The summed E-state index contributed by atoms with van der Waals surface area (Å²) in [5, 5.41) is 4.32. The van der Waals surface area contributed by atoms with E-state index in [0.717, 1.165) is 5.69 Å². The summed E-state index contributed by atoms with van der Waals surface area (Å²) in [4.78, 5) is 14.8. The molecule has 0 spiro atoms. The first-order valence-electron chi connectivity index (χ1n) is 8.49. The number of anilines is 2. The molecule has 1 aliphatic rings. The topological polar surface area (TPSA) is 50.8 Å². The third-order valence-corrected chi connectivity index (χ3v) is 4.97. The second-order valence-electron chi connectivity index (χ2n) is 6.06. The first kappa shape index (κ1) is 20.1. The van der Waals surface area contributed by atoms with E-state index in [1.54, 1.807) is 37.3 Å². The smallest absolute Gasteiger partial charge is 0.265 e. The molecule has 8 heteroatoms. The Morgan fingerprint density at radius 1 is 1.15 bits per heavy atom. The van der Waals surface area contributed by atoms with Gasteiger partial charge < -0.3 is 19.7 Å². The maximum absolute atomic E-state index is 12.6. The fourth-order valence-corrected chi connectivity index (χ4v) is 3.52. The van der Waals surface area contributed by atoms with Crippen molar-refractivity contribution < 1.29 is 14.3 Å². The van der Waals surface area contributed by atoms with Crippen molar-refractivity contribution in [2.75, 3.05) is 36.5 Å². The number of benzene rings is 2. The van der Waals surface area contributed by atoms with Crippen molar-refractivity contribution in [1.29, 1.82) is 0 Å². The third kappa shape index (κ3) is 4.99. The average molecular weight is 430 g/mol. The van der Waals surface area contributed by atoms with Crippen LogP contribution in [0, 0.1) is 0 Å². The Morgan fingerprint density at radius 2 is 1.89 bits per heavy atom. The van der Waals surface area contributed by atoms with Gasteiger partial charge in [0.2, 0.25) is 0 Å². The molecule has 1 amide bonds. The number of rotatable bonds is 5. The minimum Gasteiger partial charge on any atom is -0.479 e. The zero-order chi connectivity index (χ0) is 19.4. The van der Waals surface area contributed by atoms with E-state index in [-0.39, 0.29) is 5.91 Å². The van der Waals surface area contributed by atoms with Gasteiger partial charge in [-0.1, -0.05) is 40.9 Å². The summed E-state index contributed by atoms with van der Waals surface area (Å²) >= 11 is 18.4. The van der Waals surface area contributed by atoms with E-state index in [1.807, 2.05) is 6.07 Å². The van der Waals surface area contributed by atoms with Crippen molar-refractivity contribution in [2.24, 2.45) is 0 Å². The molecule has 144 valence electrons. The van der Waals surface area contributed by atoms with E-state index in [1.165, 1.54) is 0 Å². The van der Waals surface area contributed by atoms with Crippen LogP contribution in [0.3, 0.4) is 0 Å². The molecule has 0 aromatic heterocycles. The monoisotopic (exact) mass is 428 g/mol. The first-order chi connectivity index (χ1) is 13.0. The molecule has 2 aromatic rings. The highest BCUT2D eigenvalue weighted by molar-refractivity contribution is 6.35. The number of hydrogen-bond donors (Lipinski definition) is 1. The molecule has 1 fully saturated rings. The van der Waals surface area contributed by atoms with Gasteiger partial charge in [-0.15, -0.1) is 0 Å². The first-order valence-corrected chi connectivity index (χ1v) is 9.63. The summed E-state index contributed by atoms with van der Waals surface area (Å²) in [7, 11) is 0. The lowest BCUT2D eigenvalue weighted by molar-refractivity contribution is -0.122. The summed E-state index contributed by atoms with van der Waals surface area (Å²) in [5.41, 5.74) is 1.42. The van der Waals surface area contributed by atoms with Gasteiger partial charge in [0.25, 0.3) is 5.91 Å². The Bertz CT molecular complexity index is 826. The van der Waals surface area contributed by atoms with Gasteiger partial charge in [-0.05, 0) is 37.3 Å². The maximum Gasteiger partial charge on any atom is 0.265 e. The van der Waals surface area contributed by atoms with Crippen LogP contribution < -0.4 is 15.0 Å². The minimum atomic E-state index is -0.764. The summed E-state index contributed by atoms with van der Waals surface area (Å²) in [6, 6.07) is 10.3.